The van der Waals surface area contributed by atoms with Gasteiger partial charge in [0.15, 0.2) is 16.5 Å². The molecule has 0 radical (unpaired) electrons. The van der Waals surface area contributed by atoms with E-state index in [-0.39, 0.29) is 11.4 Å². The highest BCUT2D eigenvalue weighted by Gasteiger charge is 2.16. The molecule has 0 atom stereocenters. The summed E-state index contributed by atoms with van der Waals surface area (Å²) >= 11 is 1.45. The minimum atomic E-state index is -0.855. The second kappa shape index (κ2) is 6.10. The summed E-state index contributed by atoms with van der Waals surface area (Å²) in [6.45, 7) is 0. The Morgan fingerprint density at radius 1 is 1.08 bits per heavy atom. The molecule has 4 nitrogen and oxygen atoms in total. The number of anilines is 1. The van der Waals surface area contributed by atoms with Crippen molar-refractivity contribution in [3.05, 3.63) is 72.0 Å². The molecule has 2 aromatic carbocycles. The molecule has 1 amide bonds. The zero-order valence-electron chi connectivity index (χ0n) is 12.6. The van der Waals surface area contributed by atoms with Gasteiger partial charge in [0.25, 0.3) is 5.91 Å². The number of hydrogen-bond acceptors (Lipinski definition) is 4. The van der Waals surface area contributed by atoms with Crippen molar-refractivity contribution in [2.24, 2.45) is 0 Å². The van der Waals surface area contributed by atoms with Crippen molar-refractivity contribution in [2.75, 3.05) is 5.32 Å². The van der Waals surface area contributed by atoms with Crippen LogP contribution in [0.2, 0.25) is 0 Å². The van der Waals surface area contributed by atoms with Gasteiger partial charge in [-0.25, -0.2) is 13.8 Å². The lowest BCUT2D eigenvalue weighted by Gasteiger charge is -2.04. The maximum atomic E-state index is 13.6. The molecule has 0 fully saturated rings. The number of furan rings is 1. The monoisotopic (exact) mass is 356 g/mol. The Labute approximate surface area is 144 Å². The number of amides is 1. The van der Waals surface area contributed by atoms with Gasteiger partial charge in [-0.3, -0.25) is 4.79 Å². The van der Waals surface area contributed by atoms with Crippen LogP contribution in [-0.2, 0) is 0 Å². The highest BCUT2D eigenvalue weighted by Crippen LogP contribution is 2.31. The van der Waals surface area contributed by atoms with Gasteiger partial charge in [-0.15, -0.1) is 11.3 Å². The van der Waals surface area contributed by atoms with Crippen LogP contribution in [0.25, 0.3) is 21.0 Å². The maximum Gasteiger partial charge on any atom is 0.291 e. The van der Waals surface area contributed by atoms with Gasteiger partial charge in [0.1, 0.15) is 11.6 Å². The molecule has 7 heteroatoms. The van der Waals surface area contributed by atoms with E-state index < -0.39 is 17.5 Å². The fraction of sp³-hybridized carbons (Fsp3) is 0. The normalized spacial score (nSPS) is 11.0. The smallest absolute Gasteiger partial charge is 0.291 e. The largest absolute Gasteiger partial charge is 0.448 e. The van der Waals surface area contributed by atoms with Crippen molar-refractivity contribution in [3.63, 3.8) is 0 Å². The molecule has 0 unspecified atom stereocenters. The Morgan fingerprint density at radius 2 is 1.92 bits per heavy atom. The molecule has 0 bridgehead atoms. The predicted octanol–water partition coefficient (Wildman–Crippen LogP) is 5.09. The number of aromatic nitrogens is 1. The summed E-state index contributed by atoms with van der Waals surface area (Å²) < 4.78 is 33.1. The van der Waals surface area contributed by atoms with Crippen molar-refractivity contribution in [2.45, 2.75) is 0 Å². The van der Waals surface area contributed by atoms with Gasteiger partial charge in [-0.1, -0.05) is 12.1 Å². The number of rotatable bonds is 3. The number of halogens is 2. The second-order valence-electron chi connectivity index (χ2n) is 5.23. The zero-order chi connectivity index (χ0) is 17.4. The summed E-state index contributed by atoms with van der Waals surface area (Å²) in [4.78, 5) is 16.6. The minimum Gasteiger partial charge on any atom is -0.448 e. The van der Waals surface area contributed by atoms with Crippen molar-refractivity contribution in [3.8, 4) is 10.8 Å². The first-order chi connectivity index (χ1) is 12.1. The quantitative estimate of drug-likeness (QED) is 0.556. The van der Waals surface area contributed by atoms with E-state index in [1.54, 1.807) is 6.07 Å². The Balaban J connectivity index is 1.58. The standard InChI is InChI=1S/C18H10F2N2O2S/c19-10-5-6-12(11(20)9-10)21-17(23)14-7-8-15(24-14)18-22-13-3-1-2-4-16(13)25-18/h1-9H,(H,21,23). The Bertz CT molecular complexity index is 1050. The van der Waals surface area contributed by atoms with Crippen molar-refractivity contribution >= 4 is 33.1 Å². The van der Waals surface area contributed by atoms with E-state index in [1.165, 1.54) is 17.4 Å². The summed E-state index contributed by atoms with van der Waals surface area (Å²) in [6.07, 6.45) is 0. The van der Waals surface area contributed by atoms with Gasteiger partial charge >= 0.3 is 0 Å². The van der Waals surface area contributed by atoms with Gasteiger partial charge in [0.2, 0.25) is 0 Å². The summed E-state index contributed by atoms with van der Waals surface area (Å²) in [6, 6.07) is 13.7. The van der Waals surface area contributed by atoms with Gasteiger partial charge in [-0.2, -0.15) is 0 Å². The van der Waals surface area contributed by atoms with Crippen LogP contribution >= 0.6 is 11.3 Å². The van der Waals surface area contributed by atoms with Crippen LogP contribution in [0.4, 0.5) is 14.5 Å². The summed E-state index contributed by atoms with van der Waals surface area (Å²) in [7, 11) is 0. The Kier molecular flexibility index (Phi) is 3.77. The second-order valence-corrected chi connectivity index (χ2v) is 6.26. The number of thiazole rings is 1. The van der Waals surface area contributed by atoms with Crippen LogP contribution in [0.5, 0.6) is 0 Å². The molecule has 25 heavy (non-hydrogen) atoms. The number of carbonyl (C=O) groups is 1. The number of hydrogen-bond donors (Lipinski definition) is 1. The lowest BCUT2D eigenvalue weighted by atomic mass is 10.3. The first kappa shape index (κ1) is 15.5. The average Bonchev–Trinajstić information content (AvgIpc) is 3.23. The van der Waals surface area contributed by atoms with Gasteiger partial charge in [-0.05, 0) is 36.4 Å². The maximum absolute atomic E-state index is 13.6. The fourth-order valence-electron chi connectivity index (χ4n) is 2.33. The molecule has 2 aromatic heterocycles. The van der Waals surface area contributed by atoms with E-state index in [1.807, 2.05) is 24.3 Å². The highest BCUT2D eigenvalue weighted by molar-refractivity contribution is 7.21. The third-order valence-corrected chi connectivity index (χ3v) is 4.56. The number of fused-ring (bicyclic) bond motifs is 1. The SMILES string of the molecule is O=C(Nc1ccc(F)cc1F)c1ccc(-c2nc3ccccc3s2)o1. The molecule has 0 saturated heterocycles. The van der Waals surface area contributed by atoms with Gasteiger partial charge < -0.3 is 9.73 Å². The molecule has 0 aliphatic heterocycles. The van der Waals surface area contributed by atoms with Crippen LogP contribution in [0, 0.1) is 11.6 Å². The lowest BCUT2D eigenvalue weighted by molar-refractivity contribution is 0.0997. The van der Waals surface area contributed by atoms with Crippen molar-refractivity contribution < 1.29 is 18.0 Å². The molecule has 4 aromatic rings. The molecule has 1 N–H and O–H groups in total. The lowest BCUT2D eigenvalue weighted by Crippen LogP contribution is -2.12. The summed E-state index contributed by atoms with van der Waals surface area (Å²) in [5.41, 5.74) is 0.725. The predicted molar refractivity (Wildman–Crippen MR) is 91.6 cm³/mol. The molecule has 0 saturated carbocycles. The van der Waals surface area contributed by atoms with Gasteiger partial charge in [0.05, 0.1) is 15.9 Å². The number of nitrogens with zero attached hydrogens (tertiary/aromatic N) is 1. The molecule has 2 heterocycles. The minimum absolute atomic E-state index is 0.0120. The molecule has 124 valence electrons. The van der Waals surface area contributed by atoms with Crippen LogP contribution in [0.15, 0.2) is 59.0 Å². The third-order valence-electron chi connectivity index (χ3n) is 3.51. The molecule has 0 aliphatic rings. The van der Waals surface area contributed by atoms with Crippen molar-refractivity contribution in [1.82, 2.24) is 4.98 Å². The number of benzene rings is 2. The number of carbonyl (C=O) groups excluding carboxylic acids is 1. The Hall–Kier alpha value is -3.06. The molecular weight excluding hydrogens is 346 g/mol. The number of nitrogens with one attached hydrogen (secondary N) is 1. The molecule has 0 aliphatic carbocycles. The summed E-state index contributed by atoms with van der Waals surface area (Å²) in [5, 5.41) is 3.00. The van der Waals surface area contributed by atoms with Gasteiger partial charge in [0, 0.05) is 6.07 Å². The molecule has 4 rings (SSSR count). The van der Waals surface area contributed by atoms with E-state index in [0.29, 0.717) is 16.8 Å². The van der Waals surface area contributed by atoms with E-state index in [2.05, 4.69) is 10.3 Å². The van der Waals surface area contributed by atoms with E-state index in [0.717, 1.165) is 22.3 Å². The first-order valence-corrected chi connectivity index (χ1v) is 8.14. The Morgan fingerprint density at radius 3 is 2.72 bits per heavy atom. The van der Waals surface area contributed by atoms with Crippen LogP contribution < -0.4 is 5.32 Å². The first-order valence-electron chi connectivity index (χ1n) is 7.32. The van der Waals surface area contributed by atoms with E-state index in [4.69, 9.17) is 4.42 Å². The molecular formula is C18H10F2N2O2S. The van der Waals surface area contributed by atoms with Crippen LogP contribution in [0.1, 0.15) is 10.6 Å². The molecule has 0 spiro atoms. The fourth-order valence-corrected chi connectivity index (χ4v) is 3.25. The average molecular weight is 356 g/mol. The van der Waals surface area contributed by atoms with E-state index >= 15 is 0 Å². The van der Waals surface area contributed by atoms with Crippen LogP contribution in [-0.4, -0.2) is 10.9 Å². The topological polar surface area (TPSA) is 55.1 Å². The zero-order valence-corrected chi connectivity index (χ0v) is 13.4. The number of para-hydroxylation sites is 1. The highest BCUT2D eigenvalue weighted by atomic mass is 32.1. The van der Waals surface area contributed by atoms with Crippen molar-refractivity contribution in [1.29, 1.82) is 0 Å². The third kappa shape index (κ3) is 3.01. The van der Waals surface area contributed by atoms with Crippen LogP contribution in [0.3, 0.4) is 0 Å². The summed E-state index contributed by atoms with van der Waals surface area (Å²) in [5.74, 6) is -1.74. The van der Waals surface area contributed by atoms with E-state index in [9.17, 15) is 13.6 Å².